The van der Waals surface area contributed by atoms with Gasteiger partial charge in [0.05, 0.1) is 23.5 Å². The van der Waals surface area contributed by atoms with Crippen molar-refractivity contribution >= 4 is 23.7 Å². The number of carbonyl (C=O) groups excluding carboxylic acids is 4. The van der Waals surface area contributed by atoms with Gasteiger partial charge in [0.25, 0.3) is 0 Å². The zero-order chi connectivity index (χ0) is 28.1. The van der Waals surface area contributed by atoms with Crippen LogP contribution in [0.15, 0.2) is 45.8 Å². The third-order valence-corrected chi connectivity index (χ3v) is 10.2. The van der Waals surface area contributed by atoms with Crippen LogP contribution >= 0.6 is 0 Å². The normalized spacial score (nSPS) is 46.7. The first-order valence-corrected chi connectivity index (χ1v) is 12.9. The molecule has 1 saturated carbocycles. The van der Waals surface area contributed by atoms with Gasteiger partial charge in [0.15, 0.2) is 34.8 Å². The van der Waals surface area contributed by atoms with Crippen molar-refractivity contribution < 1.29 is 52.8 Å². The van der Waals surface area contributed by atoms with Gasteiger partial charge in [-0.15, -0.1) is 0 Å². The maximum absolute atomic E-state index is 14.4. The van der Waals surface area contributed by atoms with Crippen LogP contribution in [0.5, 0.6) is 0 Å². The lowest BCUT2D eigenvalue weighted by Gasteiger charge is -2.65. The summed E-state index contributed by atoms with van der Waals surface area (Å²) in [5.74, 6) is -3.61. The highest BCUT2D eigenvalue weighted by Crippen LogP contribution is 2.75. The van der Waals surface area contributed by atoms with E-state index >= 15 is 0 Å². The Morgan fingerprint density at radius 3 is 2.41 bits per heavy atom. The monoisotopic (exact) mass is 540 g/mol. The molecular weight excluding hydrogens is 512 g/mol. The fourth-order valence-electron chi connectivity index (χ4n) is 8.53. The molecule has 2 N–H and O–H groups in total. The van der Waals surface area contributed by atoms with Crippen LogP contribution in [0, 0.1) is 10.8 Å². The third kappa shape index (κ3) is 2.24. The number of aliphatic hydroxyl groups is 2. The number of Topliss-reactive ketones (excluding diaryl/α,β-unsaturated/α-hetero) is 1. The average Bonchev–Trinajstić information content (AvgIpc) is 3.34. The summed E-state index contributed by atoms with van der Waals surface area (Å²) in [5, 5.41) is 25.5. The molecule has 3 fully saturated rings. The number of hydrogen-bond donors (Lipinski definition) is 2. The molecule has 0 unspecified atom stereocenters. The number of carbonyl (C=O) groups is 4. The van der Waals surface area contributed by atoms with E-state index < -0.39 is 80.8 Å². The van der Waals surface area contributed by atoms with E-state index in [2.05, 4.69) is 0 Å². The van der Waals surface area contributed by atoms with Crippen LogP contribution in [0.2, 0.25) is 0 Å². The smallest absolute Gasteiger partial charge is 0.339 e. The average molecular weight is 541 g/mol. The van der Waals surface area contributed by atoms with Crippen LogP contribution in [0.3, 0.4) is 0 Å². The number of allylic oxidation sites excluding steroid dienone is 1. The number of rotatable bonds is 2. The second kappa shape index (κ2) is 6.71. The lowest BCUT2D eigenvalue weighted by Crippen LogP contribution is -2.88. The molecule has 11 nitrogen and oxygen atoms in total. The van der Waals surface area contributed by atoms with Crippen molar-refractivity contribution in [2.45, 2.75) is 88.2 Å². The zero-order valence-corrected chi connectivity index (χ0v) is 22.0. The number of hydrogen-bond acceptors (Lipinski definition) is 11. The summed E-state index contributed by atoms with van der Waals surface area (Å²) >= 11 is 0. The van der Waals surface area contributed by atoms with Crippen LogP contribution in [0.4, 0.5) is 0 Å². The van der Waals surface area contributed by atoms with Gasteiger partial charge in [-0.2, -0.15) is 0 Å². The lowest BCUT2D eigenvalue weighted by molar-refractivity contribution is -0.294. The molecule has 7 rings (SSSR count). The highest BCUT2D eigenvalue weighted by molar-refractivity contribution is 6.08. The van der Waals surface area contributed by atoms with E-state index in [1.807, 2.05) is 6.92 Å². The van der Waals surface area contributed by atoms with Gasteiger partial charge in [0, 0.05) is 17.9 Å². The standard InChI is InChI=1S/C28H28O11/c1-12(29)36-18-14-7-6-9-24(4)15(14)16(20(30)37-17(24)13-8-10-35-11-13)27(34)25(5)28(19(38-28)21(31)39-25)23(2,3)22(32)26(18,27)33/h7-8,10-11,17-19,33-34H,6,9H2,1-5H3/t17-,18-,19-,24+,25-,26+,27+,28+/m1/s1. The molecule has 1 spiro atoms. The maximum Gasteiger partial charge on any atom is 0.339 e. The first-order valence-electron chi connectivity index (χ1n) is 12.9. The van der Waals surface area contributed by atoms with Crippen molar-refractivity contribution in [3.63, 3.8) is 0 Å². The molecule has 1 aromatic heterocycles. The van der Waals surface area contributed by atoms with Gasteiger partial charge >= 0.3 is 17.9 Å². The molecule has 3 aliphatic carbocycles. The van der Waals surface area contributed by atoms with Crippen molar-refractivity contribution in [2.24, 2.45) is 10.8 Å². The molecule has 0 amide bonds. The Kier molecular flexibility index (Phi) is 4.25. The van der Waals surface area contributed by atoms with Gasteiger partial charge in [-0.25, -0.2) is 9.59 Å². The number of furan rings is 1. The van der Waals surface area contributed by atoms with E-state index in [9.17, 15) is 29.4 Å². The highest BCUT2D eigenvalue weighted by atomic mass is 16.7. The number of fused-ring (bicyclic) bond motifs is 3. The summed E-state index contributed by atoms with van der Waals surface area (Å²) in [7, 11) is 0. The predicted octanol–water partition coefficient (Wildman–Crippen LogP) is 1.37. The summed E-state index contributed by atoms with van der Waals surface area (Å²) in [6.45, 7) is 7.27. The largest absolute Gasteiger partial charge is 0.472 e. The van der Waals surface area contributed by atoms with Crippen molar-refractivity contribution in [1.29, 1.82) is 0 Å². The Bertz CT molecular complexity index is 1470. The molecule has 206 valence electrons. The Hall–Kier alpha value is -3.28. The van der Waals surface area contributed by atoms with Crippen LogP contribution in [0.25, 0.3) is 0 Å². The molecule has 4 heterocycles. The van der Waals surface area contributed by atoms with Crippen molar-refractivity contribution in [3.05, 3.63) is 47.0 Å². The van der Waals surface area contributed by atoms with Crippen molar-refractivity contribution in [2.75, 3.05) is 0 Å². The second-order valence-corrected chi connectivity index (χ2v) is 12.3. The number of cyclic esters (lactones) is 1. The van der Waals surface area contributed by atoms with Crippen LogP contribution < -0.4 is 0 Å². The van der Waals surface area contributed by atoms with Gasteiger partial charge in [0.2, 0.25) is 5.60 Å². The highest BCUT2D eigenvalue weighted by Gasteiger charge is 2.98. The molecule has 11 heteroatoms. The second-order valence-electron chi connectivity index (χ2n) is 12.3. The van der Waals surface area contributed by atoms with Gasteiger partial charge in [-0.3, -0.25) is 9.59 Å². The predicted molar refractivity (Wildman–Crippen MR) is 126 cm³/mol. The van der Waals surface area contributed by atoms with Gasteiger partial charge in [-0.05, 0) is 50.8 Å². The molecule has 1 aromatic rings. The number of ketones is 1. The van der Waals surface area contributed by atoms with Crippen LogP contribution in [-0.4, -0.2) is 68.5 Å². The first-order chi connectivity index (χ1) is 18.1. The minimum absolute atomic E-state index is 0.229. The van der Waals surface area contributed by atoms with E-state index in [0.717, 1.165) is 6.92 Å². The van der Waals surface area contributed by atoms with E-state index in [1.165, 1.54) is 33.3 Å². The fourth-order valence-corrected chi connectivity index (χ4v) is 8.53. The van der Waals surface area contributed by atoms with E-state index in [4.69, 9.17) is 23.4 Å². The fraction of sp³-hybridized carbons (Fsp3) is 0.571. The number of ether oxygens (including phenoxy) is 4. The SMILES string of the molecule is CC(=O)O[C@@H]1C2=CCC[C@@]3(C)C2=C(C(=O)O[C@@H]3c2ccoc2)[C@]2(O)[C@@]3(C)OC(=O)[C@H]4O[C@]43C(C)(C)C(=O)[C@@]12O. The molecule has 0 aromatic carbocycles. The van der Waals surface area contributed by atoms with Gasteiger partial charge in [-0.1, -0.05) is 13.0 Å². The van der Waals surface area contributed by atoms with Gasteiger partial charge in [0.1, 0.15) is 6.10 Å². The van der Waals surface area contributed by atoms with E-state index in [-0.39, 0.29) is 11.1 Å². The van der Waals surface area contributed by atoms with Crippen molar-refractivity contribution in [1.82, 2.24) is 0 Å². The maximum atomic E-state index is 14.4. The molecule has 2 saturated heterocycles. The lowest BCUT2D eigenvalue weighted by atomic mass is 9.42. The summed E-state index contributed by atoms with van der Waals surface area (Å²) < 4.78 is 28.5. The first kappa shape index (κ1) is 24.7. The molecule has 3 aliphatic heterocycles. The molecule has 0 radical (unpaired) electrons. The molecule has 39 heavy (non-hydrogen) atoms. The quantitative estimate of drug-likeness (QED) is 0.316. The Balaban J connectivity index is 1.61. The Labute approximate surface area is 222 Å². The van der Waals surface area contributed by atoms with E-state index in [0.29, 0.717) is 18.4 Å². The zero-order valence-electron chi connectivity index (χ0n) is 22.0. The Morgan fingerprint density at radius 1 is 1.08 bits per heavy atom. The molecule has 6 aliphatic rings. The van der Waals surface area contributed by atoms with E-state index in [1.54, 1.807) is 12.1 Å². The molecule has 8 atom stereocenters. The van der Waals surface area contributed by atoms with Crippen molar-refractivity contribution in [3.8, 4) is 0 Å². The minimum Gasteiger partial charge on any atom is -0.472 e. The minimum atomic E-state index is -2.94. The summed E-state index contributed by atoms with van der Waals surface area (Å²) in [4.78, 5) is 53.9. The number of epoxide rings is 1. The van der Waals surface area contributed by atoms with Gasteiger partial charge < -0.3 is 33.6 Å². The molecular formula is C28H28O11. The summed E-state index contributed by atoms with van der Waals surface area (Å²) in [6.07, 6.45) is 1.71. The molecule has 0 bridgehead atoms. The van der Waals surface area contributed by atoms with Crippen LogP contribution in [0.1, 0.15) is 59.1 Å². The summed E-state index contributed by atoms with van der Waals surface area (Å²) in [5.41, 5.74) is -11.6. The third-order valence-electron chi connectivity index (χ3n) is 10.2. The van der Waals surface area contributed by atoms with Crippen LogP contribution in [-0.2, 0) is 38.1 Å². The topological polar surface area (TPSA) is 162 Å². The summed E-state index contributed by atoms with van der Waals surface area (Å²) in [6, 6.07) is 1.66. The Morgan fingerprint density at radius 2 is 1.79 bits per heavy atom. The number of esters is 3.